The van der Waals surface area contributed by atoms with Gasteiger partial charge in [0.15, 0.2) is 11.6 Å². The number of nitrogens with zero attached hydrogens (tertiary/aromatic N) is 1. The number of ketones is 2. The number of aldehydes is 1. The number of hydrogen-bond acceptors (Lipinski definition) is 9. The van der Waals surface area contributed by atoms with Crippen molar-refractivity contribution < 1.29 is 24.0 Å². The van der Waals surface area contributed by atoms with Crippen LogP contribution in [-0.4, -0.2) is 77.4 Å². The molecule has 0 aromatic heterocycles. The third-order valence-corrected chi connectivity index (χ3v) is 11.3. The molecule has 3 fully saturated rings. The second-order valence-corrected chi connectivity index (χ2v) is 14.9. The first kappa shape index (κ1) is 38.8. The maximum atomic E-state index is 14.7. The summed E-state index contributed by atoms with van der Waals surface area (Å²) in [4.78, 5) is 70.9. The molecule has 0 radical (unpaired) electrons. The van der Waals surface area contributed by atoms with Crippen LogP contribution in [0.4, 0.5) is 0 Å². The van der Waals surface area contributed by atoms with E-state index in [1.807, 2.05) is 30.3 Å². The summed E-state index contributed by atoms with van der Waals surface area (Å²) in [5.74, 6) is -2.80. The fourth-order valence-electron chi connectivity index (χ4n) is 8.54. The van der Waals surface area contributed by atoms with Crippen LogP contribution in [0.2, 0.25) is 0 Å². The van der Waals surface area contributed by atoms with Crippen LogP contribution in [0.15, 0.2) is 30.3 Å². The quantitative estimate of drug-likeness (QED) is 0.0877. The summed E-state index contributed by atoms with van der Waals surface area (Å²) in [7, 11) is 0. The van der Waals surface area contributed by atoms with Gasteiger partial charge in [-0.15, -0.1) is 0 Å². The molecule has 11 nitrogen and oxygen atoms in total. The maximum Gasteiger partial charge on any atom is 0.245 e. The average molecular weight is 681 g/mol. The Hall–Kier alpha value is -2.99. The van der Waals surface area contributed by atoms with Crippen LogP contribution < -0.4 is 28.3 Å². The molecule has 9 N–H and O–H groups in total. The van der Waals surface area contributed by atoms with Crippen molar-refractivity contribution in [1.29, 1.82) is 0 Å². The molecule has 49 heavy (non-hydrogen) atoms. The van der Waals surface area contributed by atoms with Gasteiger partial charge in [0, 0.05) is 6.54 Å². The van der Waals surface area contributed by atoms with Gasteiger partial charge in [0.1, 0.15) is 17.9 Å². The van der Waals surface area contributed by atoms with E-state index in [1.165, 1.54) is 11.3 Å². The van der Waals surface area contributed by atoms with Crippen molar-refractivity contribution in [1.82, 2.24) is 10.2 Å². The summed E-state index contributed by atoms with van der Waals surface area (Å²) in [6.07, 6.45) is 13.2. The molecule has 2 saturated carbocycles. The number of Topliss-reactive ketones (excluding diaryl/α,β-unsaturated/α-hetero) is 2. The van der Waals surface area contributed by atoms with Gasteiger partial charge < -0.3 is 37.9 Å². The van der Waals surface area contributed by atoms with Gasteiger partial charge in [0.2, 0.25) is 11.8 Å². The van der Waals surface area contributed by atoms with Crippen LogP contribution in [0.1, 0.15) is 108 Å². The minimum atomic E-state index is -2.08. The molecule has 1 aromatic carbocycles. The Balaban J connectivity index is 1.56. The zero-order chi connectivity index (χ0) is 35.4. The first-order valence-corrected chi connectivity index (χ1v) is 18.8. The minimum absolute atomic E-state index is 0.268. The van der Waals surface area contributed by atoms with Crippen molar-refractivity contribution in [3.05, 3.63) is 35.9 Å². The summed E-state index contributed by atoms with van der Waals surface area (Å²) >= 11 is 0. The highest BCUT2D eigenvalue weighted by atomic mass is 16.2. The molecule has 3 aliphatic rings. The summed E-state index contributed by atoms with van der Waals surface area (Å²) in [6, 6.07) is 5.85. The Kier molecular flexibility index (Phi) is 14.9. The molecule has 272 valence electrons. The van der Waals surface area contributed by atoms with Crippen molar-refractivity contribution in [2.45, 2.75) is 139 Å². The highest BCUT2D eigenvalue weighted by Gasteiger charge is 2.54. The second-order valence-electron chi connectivity index (χ2n) is 14.9. The first-order valence-electron chi connectivity index (χ1n) is 18.8. The van der Waals surface area contributed by atoms with Crippen molar-refractivity contribution in [2.75, 3.05) is 13.1 Å². The van der Waals surface area contributed by atoms with Crippen LogP contribution in [0.3, 0.4) is 0 Å². The molecule has 6 atom stereocenters. The Bertz CT molecular complexity index is 1250. The number of nitrogens with one attached hydrogen (secondary N) is 1. The second kappa shape index (κ2) is 18.8. The first-order chi connectivity index (χ1) is 23.6. The summed E-state index contributed by atoms with van der Waals surface area (Å²) in [6.45, 7) is 0.761. The number of carbonyl (C=O) groups excluding carboxylic acids is 5. The Labute approximate surface area is 292 Å². The van der Waals surface area contributed by atoms with Gasteiger partial charge in [-0.05, 0) is 81.7 Å². The van der Waals surface area contributed by atoms with Gasteiger partial charge in [-0.3, -0.25) is 19.2 Å². The highest BCUT2D eigenvalue weighted by molar-refractivity contribution is 6.11. The molecular formula is C38H60N6O5. The monoisotopic (exact) mass is 680 g/mol. The SMILES string of the molecule is NCCCC[C@H](NC(=O)[C@@H](N)Cc1ccccc1)C(=O)N1CCC[C@H]1C(=O)C(C1CCCCC1)[C@](N)(C=O)C(=O)[C@H](N)CC1CCCCC1. The predicted molar refractivity (Wildman–Crippen MR) is 190 cm³/mol. The van der Waals surface area contributed by atoms with Crippen LogP contribution >= 0.6 is 0 Å². The lowest BCUT2D eigenvalue weighted by Crippen LogP contribution is -2.66. The van der Waals surface area contributed by atoms with Crippen molar-refractivity contribution in [3.8, 4) is 0 Å². The molecule has 1 aliphatic heterocycles. The van der Waals surface area contributed by atoms with E-state index in [-0.39, 0.29) is 17.6 Å². The Morgan fingerprint density at radius 3 is 2.16 bits per heavy atom. The van der Waals surface area contributed by atoms with Crippen LogP contribution in [0, 0.1) is 17.8 Å². The smallest absolute Gasteiger partial charge is 0.245 e. The zero-order valence-electron chi connectivity index (χ0n) is 29.2. The van der Waals surface area contributed by atoms with Gasteiger partial charge >= 0.3 is 0 Å². The number of amides is 2. The lowest BCUT2D eigenvalue weighted by atomic mass is 9.65. The molecular weight excluding hydrogens is 620 g/mol. The topological polar surface area (TPSA) is 205 Å². The molecule has 4 rings (SSSR count). The van der Waals surface area contributed by atoms with Crippen molar-refractivity contribution in [2.24, 2.45) is 40.7 Å². The molecule has 2 aliphatic carbocycles. The van der Waals surface area contributed by atoms with E-state index in [2.05, 4.69) is 5.32 Å². The molecule has 1 saturated heterocycles. The summed E-state index contributed by atoms with van der Waals surface area (Å²) < 4.78 is 0. The predicted octanol–water partition coefficient (Wildman–Crippen LogP) is 2.69. The zero-order valence-corrected chi connectivity index (χ0v) is 29.2. The lowest BCUT2D eigenvalue weighted by molar-refractivity contribution is -0.147. The maximum absolute atomic E-state index is 14.7. The van der Waals surface area contributed by atoms with Gasteiger partial charge in [-0.2, -0.15) is 0 Å². The number of unbranched alkanes of at least 4 members (excludes halogenated alkanes) is 1. The van der Waals surface area contributed by atoms with Gasteiger partial charge in [-0.25, -0.2) is 0 Å². The van der Waals surface area contributed by atoms with E-state index in [0.29, 0.717) is 83.1 Å². The largest absolute Gasteiger partial charge is 0.343 e. The number of rotatable bonds is 18. The number of likely N-dealkylation sites (tertiary alicyclic amines) is 1. The van der Waals surface area contributed by atoms with Gasteiger partial charge in [0.05, 0.1) is 24.0 Å². The molecule has 2 amide bonds. The van der Waals surface area contributed by atoms with Crippen molar-refractivity contribution >= 4 is 29.7 Å². The third-order valence-electron chi connectivity index (χ3n) is 11.3. The highest BCUT2D eigenvalue weighted by Crippen LogP contribution is 2.39. The lowest BCUT2D eigenvalue weighted by Gasteiger charge is -2.41. The Morgan fingerprint density at radius 2 is 1.53 bits per heavy atom. The molecule has 0 spiro atoms. The fraction of sp³-hybridized carbons (Fsp3) is 0.711. The Morgan fingerprint density at radius 1 is 0.878 bits per heavy atom. The molecule has 1 unspecified atom stereocenters. The molecule has 0 bridgehead atoms. The normalized spacial score (nSPS) is 22.8. The molecule has 11 heteroatoms. The van der Waals surface area contributed by atoms with E-state index in [9.17, 15) is 24.0 Å². The van der Waals surface area contributed by atoms with Crippen LogP contribution in [-0.2, 0) is 30.4 Å². The summed E-state index contributed by atoms with van der Waals surface area (Å²) in [5, 5.41) is 2.88. The number of nitrogens with two attached hydrogens (primary N) is 4. The van der Waals surface area contributed by atoms with E-state index in [4.69, 9.17) is 22.9 Å². The van der Waals surface area contributed by atoms with E-state index in [0.717, 1.165) is 50.5 Å². The van der Waals surface area contributed by atoms with E-state index in [1.54, 1.807) is 0 Å². The van der Waals surface area contributed by atoms with E-state index < -0.39 is 47.3 Å². The molecule has 1 aromatic rings. The average Bonchev–Trinajstić information content (AvgIpc) is 3.62. The molecule has 1 heterocycles. The van der Waals surface area contributed by atoms with Gasteiger partial charge in [-0.1, -0.05) is 81.7 Å². The number of benzene rings is 1. The standard InChI is InChI=1S/C38H60N6O5/c39-21-11-10-19-31(43-36(48)30(41)24-27-15-6-2-7-16-27)37(49)44-22-12-20-32(44)34(46)33(28-17-8-3-9-18-28)38(42,25-45)35(47)29(40)23-26-13-4-1-5-14-26/h2,6-7,15-16,25-26,28-33H,1,3-5,8-14,17-24,39-42H2,(H,43,48)/t29-,30+,31+,32+,33?,38-/m1/s1. The number of hydrogen-bond donors (Lipinski definition) is 5. The van der Waals surface area contributed by atoms with Crippen LogP contribution in [0.25, 0.3) is 0 Å². The number of carbonyl (C=O) groups is 5. The third kappa shape index (κ3) is 10.1. The van der Waals surface area contributed by atoms with Crippen LogP contribution in [0.5, 0.6) is 0 Å². The van der Waals surface area contributed by atoms with Gasteiger partial charge in [0.25, 0.3) is 0 Å². The minimum Gasteiger partial charge on any atom is -0.343 e. The fourth-order valence-corrected chi connectivity index (χ4v) is 8.54. The van der Waals surface area contributed by atoms with Crippen molar-refractivity contribution in [3.63, 3.8) is 0 Å². The summed E-state index contributed by atoms with van der Waals surface area (Å²) in [5.41, 5.74) is 24.2. The van der Waals surface area contributed by atoms with E-state index >= 15 is 0 Å².